The minimum Gasteiger partial charge on any atom is -0.176 e. The van der Waals surface area contributed by atoms with E-state index >= 15 is 0 Å². The van der Waals surface area contributed by atoms with Crippen molar-refractivity contribution in [1.29, 1.82) is 0 Å². The highest BCUT2D eigenvalue weighted by molar-refractivity contribution is 7.80. The molecule has 0 aromatic carbocycles. The zero-order chi connectivity index (χ0) is 18.4. The van der Waals surface area contributed by atoms with E-state index in [1.165, 1.54) is 135 Å². The Bertz CT molecular complexity index is 226. The summed E-state index contributed by atoms with van der Waals surface area (Å²) >= 11 is 4.80. The van der Waals surface area contributed by atoms with Crippen molar-refractivity contribution in [2.75, 3.05) is 0 Å². The molecule has 0 aliphatic carbocycles. The van der Waals surface area contributed by atoms with Gasteiger partial charge in [0.15, 0.2) is 0 Å². The SMILES string of the molecule is CCCCCCCCCCCCC(S)CCCCCCCCCCC. The molecule has 0 nitrogen and oxygen atoms in total. The number of hydrogen-bond acceptors (Lipinski definition) is 1. The van der Waals surface area contributed by atoms with Gasteiger partial charge in [-0.1, -0.05) is 136 Å². The van der Waals surface area contributed by atoms with Gasteiger partial charge in [0.2, 0.25) is 0 Å². The molecule has 0 saturated heterocycles. The van der Waals surface area contributed by atoms with Crippen LogP contribution in [0.15, 0.2) is 0 Å². The topological polar surface area (TPSA) is 0 Å². The number of unbranched alkanes of at least 4 members (excludes halogenated alkanes) is 17. The largest absolute Gasteiger partial charge is 0.176 e. The van der Waals surface area contributed by atoms with Crippen LogP contribution in [0.5, 0.6) is 0 Å². The van der Waals surface area contributed by atoms with E-state index in [1.54, 1.807) is 0 Å². The molecule has 0 fully saturated rings. The zero-order valence-electron chi connectivity index (χ0n) is 17.9. The minimum absolute atomic E-state index is 0.665. The van der Waals surface area contributed by atoms with E-state index in [0.717, 1.165) is 0 Å². The molecule has 0 heterocycles. The molecule has 0 aromatic rings. The first-order valence-electron chi connectivity index (χ1n) is 12.0. The van der Waals surface area contributed by atoms with Gasteiger partial charge in [-0.3, -0.25) is 0 Å². The van der Waals surface area contributed by atoms with Gasteiger partial charge in [0, 0.05) is 5.25 Å². The van der Waals surface area contributed by atoms with Gasteiger partial charge in [-0.15, -0.1) is 0 Å². The van der Waals surface area contributed by atoms with Crippen LogP contribution in [0.4, 0.5) is 0 Å². The van der Waals surface area contributed by atoms with Crippen LogP contribution >= 0.6 is 12.6 Å². The maximum Gasteiger partial charge on any atom is 0.00168 e. The molecule has 0 radical (unpaired) electrons. The van der Waals surface area contributed by atoms with Gasteiger partial charge in [0.1, 0.15) is 0 Å². The Morgan fingerprint density at radius 2 is 0.640 bits per heavy atom. The predicted octanol–water partition coefficient (Wildman–Crippen LogP) is 9.52. The third-order valence-corrected chi connectivity index (χ3v) is 6.05. The van der Waals surface area contributed by atoms with Gasteiger partial charge in [0.25, 0.3) is 0 Å². The molecule has 0 spiro atoms. The fraction of sp³-hybridized carbons (Fsp3) is 1.00. The van der Waals surface area contributed by atoms with E-state index in [9.17, 15) is 0 Å². The maximum atomic E-state index is 4.80. The summed E-state index contributed by atoms with van der Waals surface area (Å²) in [4.78, 5) is 0. The molecule has 1 unspecified atom stereocenters. The third kappa shape index (κ3) is 22.3. The summed E-state index contributed by atoms with van der Waals surface area (Å²) in [5.74, 6) is 0. The summed E-state index contributed by atoms with van der Waals surface area (Å²) in [6, 6.07) is 0. The van der Waals surface area contributed by atoms with Crippen LogP contribution in [0.25, 0.3) is 0 Å². The second kappa shape index (κ2) is 22.4. The molecule has 0 aliphatic rings. The summed E-state index contributed by atoms with van der Waals surface area (Å²) in [6.45, 7) is 4.59. The van der Waals surface area contributed by atoms with Gasteiger partial charge < -0.3 is 0 Å². The Balaban J connectivity index is 3.12. The molecule has 25 heavy (non-hydrogen) atoms. The van der Waals surface area contributed by atoms with Crippen LogP contribution in [0.2, 0.25) is 0 Å². The summed E-state index contributed by atoms with van der Waals surface area (Å²) in [6.07, 6.45) is 30.0. The van der Waals surface area contributed by atoms with Gasteiger partial charge >= 0.3 is 0 Å². The molecule has 0 aromatic heterocycles. The monoisotopic (exact) mass is 370 g/mol. The Morgan fingerprint density at radius 3 is 0.920 bits per heavy atom. The number of thiol groups is 1. The Labute approximate surface area is 166 Å². The van der Waals surface area contributed by atoms with Crippen LogP contribution in [0.1, 0.15) is 149 Å². The highest BCUT2D eigenvalue weighted by atomic mass is 32.1. The molecule has 152 valence electrons. The second-order valence-corrected chi connectivity index (χ2v) is 8.97. The lowest BCUT2D eigenvalue weighted by molar-refractivity contribution is 0.526. The van der Waals surface area contributed by atoms with Crippen molar-refractivity contribution >= 4 is 12.6 Å². The van der Waals surface area contributed by atoms with E-state index in [1.807, 2.05) is 0 Å². The third-order valence-electron chi connectivity index (χ3n) is 5.53. The van der Waals surface area contributed by atoms with Gasteiger partial charge in [0.05, 0.1) is 0 Å². The fourth-order valence-electron chi connectivity index (χ4n) is 3.70. The van der Waals surface area contributed by atoms with Crippen molar-refractivity contribution < 1.29 is 0 Å². The standard InChI is InChI=1S/C24H50S/c1-3-5-7-9-11-13-15-17-19-21-23-24(25)22-20-18-16-14-12-10-8-6-4-2/h24-25H,3-23H2,1-2H3. The summed E-state index contributed by atoms with van der Waals surface area (Å²) in [5.41, 5.74) is 0. The summed E-state index contributed by atoms with van der Waals surface area (Å²) < 4.78 is 0. The maximum absolute atomic E-state index is 4.80. The first kappa shape index (κ1) is 25.4. The van der Waals surface area contributed by atoms with Crippen molar-refractivity contribution in [2.24, 2.45) is 0 Å². The lowest BCUT2D eigenvalue weighted by atomic mass is 10.0. The normalized spacial score (nSPS) is 12.6. The molecule has 0 N–H and O–H groups in total. The highest BCUT2D eigenvalue weighted by Gasteiger charge is 2.03. The first-order chi connectivity index (χ1) is 12.3. The smallest absolute Gasteiger partial charge is 0.00168 e. The minimum atomic E-state index is 0.665. The Hall–Kier alpha value is 0.350. The molecule has 1 heteroatoms. The van der Waals surface area contributed by atoms with Gasteiger partial charge in [-0.25, -0.2) is 0 Å². The van der Waals surface area contributed by atoms with Crippen molar-refractivity contribution in [3.8, 4) is 0 Å². The van der Waals surface area contributed by atoms with E-state index in [4.69, 9.17) is 12.6 Å². The highest BCUT2D eigenvalue weighted by Crippen LogP contribution is 2.18. The molecule has 0 rings (SSSR count). The zero-order valence-corrected chi connectivity index (χ0v) is 18.8. The fourth-order valence-corrected chi connectivity index (χ4v) is 4.07. The summed E-state index contributed by atoms with van der Waals surface area (Å²) in [5, 5.41) is 0.665. The van der Waals surface area contributed by atoms with Crippen molar-refractivity contribution in [1.82, 2.24) is 0 Å². The molecule has 0 amide bonds. The number of rotatable bonds is 21. The van der Waals surface area contributed by atoms with Crippen LogP contribution in [-0.2, 0) is 0 Å². The average molecular weight is 371 g/mol. The van der Waals surface area contributed by atoms with Gasteiger partial charge in [-0.05, 0) is 12.8 Å². The van der Waals surface area contributed by atoms with Crippen LogP contribution in [0.3, 0.4) is 0 Å². The van der Waals surface area contributed by atoms with E-state index < -0.39 is 0 Å². The summed E-state index contributed by atoms with van der Waals surface area (Å²) in [7, 11) is 0. The molecule has 0 bridgehead atoms. The quantitative estimate of drug-likeness (QED) is 0.151. The molecular weight excluding hydrogens is 320 g/mol. The molecule has 0 aliphatic heterocycles. The van der Waals surface area contributed by atoms with Crippen LogP contribution in [0, 0.1) is 0 Å². The lowest BCUT2D eigenvalue weighted by Gasteiger charge is -2.10. The lowest BCUT2D eigenvalue weighted by Crippen LogP contribution is -1.98. The predicted molar refractivity (Wildman–Crippen MR) is 121 cm³/mol. The van der Waals surface area contributed by atoms with E-state index in [2.05, 4.69) is 13.8 Å². The van der Waals surface area contributed by atoms with Crippen molar-refractivity contribution in [3.63, 3.8) is 0 Å². The Kier molecular flexibility index (Phi) is 22.7. The number of hydrogen-bond donors (Lipinski definition) is 1. The van der Waals surface area contributed by atoms with E-state index in [-0.39, 0.29) is 0 Å². The average Bonchev–Trinajstić information content (AvgIpc) is 2.62. The molecular formula is C24H50S. The van der Waals surface area contributed by atoms with Crippen LogP contribution in [-0.4, -0.2) is 5.25 Å². The second-order valence-electron chi connectivity index (χ2n) is 8.24. The molecule has 1 atom stereocenters. The van der Waals surface area contributed by atoms with Gasteiger partial charge in [-0.2, -0.15) is 12.6 Å². The Morgan fingerprint density at radius 1 is 0.400 bits per heavy atom. The van der Waals surface area contributed by atoms with E-state index in [0.29, 0.717) is 5.25 Å². The molecule has 0 saturated carbocycles. The van der Waals surface area contributed by atoms with Crippen molar-refractivity contribution in [3.05, 3.63) is 0 Å². The van der Waals surface area contributed by atoms with Crippen LogP contribution < -0.4 is 0 Å². The first-order valence-corrected chi connectivity index (χ1v) is 12.5. The van der Waals surface area contributed by atoms with Crippen molar-refractivity contribution in [2.45, 2.75) is 154 Å².